The van der Waals surface area contributed by atoms with Crippen molar-refractivity contribution in [2.45, 2.75) is 83.5 Å². The molecule has 1 N–H and O–H groups in total. The van der Waals surface area contributed by atoms with E-state index in [1.165, 1.54) is 88.7 Å². The zero-order valence-electron chi connectivity index (χ0n) is 17.7. The normalized spacial score (nSPS) is 27.9. The molecule has 0 aliphatic heterocycles. The molecule has 0 unspecified atom stereocenters. The highest BCUT2D eigenvalue weighted by atomic mass is 35.5. The molecular weight excluding hydrogens is 380 g/mol. The molecule has 1 aromatic rings. The van der Waals surface area contributed by atoms with Gasteiger partial charge in [0, 0.05) is 11.1 Å². The van der Waals surface area contributed by atoms with Crippen LogP contribution in [0.4, 0.5) is 0 Å². The minimum absolute atomic E-state index is 0.706. The van der Waals surface area contributed by atoms with Gasteiger partial charge < -0.3 is 5.11 Å². The van der Waals surface area contributed by atoms with Gasteiger partial charge in [-0.2, -0.15) is 0 Å². The highest BCUT2D eigenvalue weighted by Gasteiger charge is 2.24. The van der Waals surface area contributed by atoms with Gasteiger partial charge in [0.15, 0.2) is 0 Å². The van der Waals surface area contributed by atoms with E-state index in [1.54, 1.807) is 0 Å². The van der Waals surface area contributed by atoms with Gasteiger partial charge in [0.25, 0.3) is 0 Å². The predicted molar refractivity (Wildman–Crippen MR) is 121 cm³/mol. The molecule has 2 aliphatic carbocycles. The summed E-state index contributed by atoms with van der Waals surface area (Å²) in [4.78, 5) is 10.6. The zero-order chi connectivity index (χ0) is 20.5. The van der Waals surface area contributed by atoms with Crippen molar-refractivity contribution in [3.63, 3.8) is 0 Å². The van der Waals surface area contributed by atoms with Crippen molar-refractivity contribution in [1.82, 2.24) is 0 Å². The summed E-state index contributed by atoms with van der Waals surface area (Å²) in [5.74, 6) is 2.67. The van der Waals surface area contributed by atoms with Crippen LogP contribution in [-0.4, -0.2) is 11.1 Å². The second-order valence-corrected chi connectivity index (χ2v) is 9.93. The van der Waals surface area contributed by atoms with Crippen LogP contribution >= 0.6 is 11.6 Å². The molecule has 3 heteroatoms. The summed E-state index contributed by atoms with van der Waals surface area (Å²) in [5, 5.41) is 9.53. The van der Waals surface area contributed by atoms with Crippen molar-refractivity contribution in [3.05, 3.63) is 47.0 Å². The van der Waals surface area contributed by atoms with Crippen LogP contribution in [0.1, 0.15) is 82.6 Å². The molecule has 0 radical (unpaired) electrons. The van der Waals surface area contributed by atoms with E-state index in [-0.39, 0.29) is 0 Å². The number of carboxylic acid groups (broad SMARTS) is 1. The quantitative estimate of drug-likeness (QED) is 0.418. The standard InChI is InChI=1S/C26H37ClO2/c27-25-18-16-24(17-19-25)15-14-23-12-10-22(11-13-23)9-8-21-6-4-20(5-7-21)2-1-3-26(28)29/h1,3,16-23H,2,4-15H2,(H,28,29). The van der Waals surface area contributed by atoms with Crippen LogP contribution < -0.4 is 0 Å². The highest BCUT2D eigenvalue weighted by molar-refractivity contribution is 6.30. The van der Waals surface area contributed by atoms with Crippen molar-refractivity contribution in [3.8, 4) is 0 Å². The number of allylic oxidation sites excluding steroid dienone is 1. The third kappa shape index (κ3) is 8.16. The lowest BCUT2D eigenvalue weighted by molar-refractivity contribution is -0.131. The molecule has 29 heavy (non-hydrogen) atoms. The maximum atomic E-state index is 10.6. The summed E-state index contributed by atoms with van der Waals surface area (Å²) in [5.41, 5.74) is 1.42. The number of carbonyl (C=O) groups is 1. The monoisotopic (exact) mass is 416 g/mol. The van der Waals surface area contributed by atoms with Crippen LogP contribution in [0.15, 0.2) is 36.4 Å². The van der Waals surface area contributed by atoms with Gasteiger partial charge in [-0.3, -0.25) is 0 Å². The third-order valence-electron chi connectivity index (χ3n) is 7.40. The van der Waals surface area contributed by atoms with E-state index in [0.29, 0.717) is 5.92 Å². The predicted octanol–water partition coefficient (Wildman–Crippen LogP) is 7.70. The van der Waals surface area contributed by atoms with Crippen LogP contribution in [0.5, 0.6) is 0 Å². The van der Waals surface area contributed by atoms with Gasteiger partial charge in [0.2, 0.25) is 0 Å². The average molecular weight is 417 g/mol. The number of hydrogen-bond donors (Lipinski definition) is 1. The van der Waals surface area contributed by atoms with Gasteiger partial charge in [0.05, 0.1) is 0 Å². The Bertz CT molecular complexity index is 635. The molecule has 2 nitrogen and oxygen atoms in total. The van der Waals surface area contributed by atoms with Gasteiger partial charge in [-0.15, -0.1) is 0 Å². The molecule has 0 amide bonds. The second kappa shape index (κ2) is 11.8. The molecule has 0 bridgehead atoms. The van der Waals surface area contributed by atoms with Crippen LogP contribution in [0.2, 0.25) is 5.02 Å². The first-order valence-corrected chi connectivity index (χ1v) is 12.1. The van der Waals surface area contributed by atoms with Crippen LogP contribution in [0.3, 0.4) is 0 Å². The van der Waals surface area contributed by atoms with E-state index in [2.05, 4.69) is 12.1 Å². The van der Waals surface area contributed by atoms with E-state index < -0.39 is 5.97 Å². The summed E-state index contributed by atoms with van der Waals surface area (Å²) < 4.78 is 0. The molecule has 160 valence electrons. The van der Waals surface area contributed by atoms with Crippen LogP contribution in [0.25, 0.3) is 0 Å². The van der Waals surface area contributed by atoms with Crippen molar-refractivity contribution in [2.75, 3.05) is 0 Å². The first kappa shape index (κ1) is 22.4. The van der Waals surface area contributed by atoms with Gasteiger partial charge in [-0.25, -0.2) is 4.79 Å². The number of carboxylic acids is 1. The van der Waals surface area contributed by atoms with Crippen molar-refractivity contribution < 1.29 is 9.90 Å². The summed E-state index contributed by atoms with van der Waals surface area (Å²) >= 11 is 5.98. The number of hydrogen-bond acceptors (Lipinski definition) is 1. The first-order valence-electron chi connectivity index (χ1n) is 11.7. The molecule has 0 aromatic heterocycles. The largest absolute Gasteiger partial charge is 0.478 e. The SMILES string of the molecule is O=C(O)C=CCC1CCC(CCC2CCC(CCc3ccc(Cl)cc3)CC2)CC1. The number of benzene rings is 1. The van der Waals surface area contributed by atoms with E-state index >= 15 is 0 Å². The zero-order valence-corrected chi connectivity index (χ0v) is 18.5. The van der Waals surface area contributed by atoms with Crippen molar-refractivity contribution in [1.29, 1.82) is 0 Å². The van der Waals surface area contributed by atoms with Gasteiger partial charge >= 0.3 is 5.97 Å². The lowest BCUT2D eigenvalue weighted by Crippen LogP contribution is -2.18. The Morgan fingerprint density at radius 1 is 0.828 bits per heavy atom. The molecule has 0 spiro atoms. The summed E-state index contributed by atoms with van der Waals surface area (Å²) in [6, 6.07) is 8.36. The topological polar surface area (TPSA) is 37.3 Å². The molecule has 1 aromatic carbocycles. The fourth-order valence-corrected chi connectivity index (χ4v) is 5.55. The summed E-state index contributed by atoms with van der Waals surface area (Å²) in [6.07, 6.45) is 20.4. The number of rotatable bonds is 9. The molecule has 0 heterocycles. The third-order valence-corrected chi connectivity index (χ3v) is 7.65. The van der Waals surface area contributed by atoms with E-state index in [9.17, 15) is 4.79 Å². The molecule has 2 saturated carbocycles. The minimum Gasteiger partial charge on any atom is -0.478 e. The summed E-state index contributed by atoms with van der Waals surface area (Å²) in [6.45, 7) is 0. The van der Waals surface area contributed by atoms with E-state index in [0.717, 1.165) is 29.2 Å². The number of aliphatic carboxylic acids is 1. The fourth-order valence-electron chi connectivity index (χ4n) is 5.42. The molecule has 2 fully saturated rings. The van der Waals surface area contributed by atoms with Crippen molar-refractivity contribution in [2.24, 2.45) is 23.7 Å². The van der Waals surface area contributed by atoms with Crippen LogP contribution in [0, 0.1) is 23.7 Å². The molecular formula is C26H37ClO2. The maximum absolute atomic E-state index is 10.6. The minimum atomic E-state index is -0.821. The number of aryl methyl sites for hydroxylation is 1. The Morgan fingerprint density at radius 3 is 1.83 bits per heavy atom. The highest BCUT2D eigenvalue weighted by Crippen LogP contribution is 2.38. The van der Waals surface area contributed by atoms with Crippen LogP contribution in [-0.2, 0) is 11.2 Å². The maximum Gasteiger partial charge on any atom is 0.327 e. The fraction of sp³-hybridized carbons (Fsp3) is 0.654. The lowest BCUT2D eigenvalue weighted by atomic mass is 9.74. The Labute approximate surface area is 181 Å². The Morgan fingerprint density at radius 2 is 1.31 bits per heavy atom. The second-order valence-electron chi connectivity index (χ2n) is 9.49. The lowest BCUT2D eigenvalue weighted by Gasteiger charge is -2.32. The Hall–Kier alpha value is -1.28. The van der Waals surface area contributed by atoms with Gasteiger partial charge in [-0.1, -0.05) is 81.2 Å². The smallest absolute Gasteiger partial charge is 0.327 e. The number of halogens is 1. The Balaban J connectivity index is 1.26. The summed E-state index contributed by atoms with van der Waals surface area (Å²) in [7, 11) is 0. The van der Waals surface area contributed by atoms with Gasteiger partial charge in [0.1, 0.15) is 0 Å². The van der Waals surface area contributed by atoms with Gasteiger partial charge in [-0.05, 0) is 73.5 Å². The van der Waals surface area contributed by atoms with E-state index in [1.807, 2.05) is 18.2 Å². The van der Waals surface area contributed by atoms with E-state index in [4.69, 9.17) is 16.7 Å². The average Bonchev–Trinajstić information content (AvgIpc) is 2.73. The molecule has 2 aliphatic rings. The molecule has 0 saturated heterocycles. The van der Waals surface area contributed by atoms with Crippen molar-refractivity contribution >= 4 is 17.6 Å². The molecule has 3 rings (SSSR count). The molecule has 0 atom stereocenters. The Kier molecular flexibility index (Phi) is 9.11. The first-order chi connectivity index (χ1) is 14.1.